The van der Waals surface area contributed by atoms with Crippen molar-refractivity contribution >= 4 is 23.6 Å². The number of nitrogens with zero attached hydrogens (tertiary/aromatic N) is 2. The molecule has 0 unspecified atom stereocenters. The molecule has 0 saturated heterocycles. The van der Waals surface area contributed by atoms with Crippen LogP contribution in [0.2, 0.25) is 0 Å². The normalized spacial score (nSPS) is 10.8. The number of methoxy groups -OCH3 is 1. The molecule has 5 nitrogen and oxygen atoms in total. The van der Waals surface area contributed by atoms with Gasteiger partial charge in [-0.25, -0.2) is 4.98 Å². The predicted octanol–water partition coefficient (Wildman–Crippen LogP) is 0.773. The third-order valence-electron chi connectivity index (χ3n) is 3.46. The molecule has 106 valence electrons. The number of ether oxygens (including phenoxy) is 1. The van der Waals surface area contributed by atoms with Gasteiger partial charge in [-0.1, -0.05) is 18.2 Å². The molecule has 0 aliphatic rings. The molecular formula is C15H15BN2O3. The van der Waals surface area contributed by atoms with Gasteiger partial charge in [-0.2, -0.15) is 0 Å². The number of fused-ring (bicyclic) bond motifs is 1. The molecule has 1 aromatic heterocycles. The number of rotatable bonds is 4. The highest BCUT2D eigenvalue weighted by Gasteiger charge is 2.12. The van der Waals surface area contributed by atoms with Crippen LogP contribution in [0, 0.1) is 0 Å². The van der Waals surface area contributed by atoms with E-state index in [2.05, 4.69) is 4.98 Å². The Balaban J connectivity index is 1.90. The number of hydrogen-bond donors (Lipinski definition) is 2. The maximum atomic E-state index is 9.18. The van der Waals surface area contributed by atoms with Gasteiger partial charge in [0.15, 0.2) is 0 Å². The summed E-state index contributed by atoms with van der Waals surface area (Å²) in [5.74, 6) is 0.829. The third-order valence-corrected chi connectivity index (χ3v) is 3.46. The van der Waals surface area contributed by atoms with E-state index in [4.69, 9.17) is 4.74 Å². The second-order valence-corrected chi connectivity index (χ2v) is 4.84. The second kappa shape index (κ2) is 5.59. The van der Waals surface area contributed by atoms with Crippen molar-refractivity contribution in [3.63, 3.8) is 0 Å². The monoisotopic (exact) mass is 282 g/mol. The molecule has 21 heavy (non-hydrogen) atoms. The van der Waals surface area contributed by atoms with Gasteiger partial charge in [0.1, 0.15) is 5.75 Å². The van der Waals surface area contributed by atoms with Crippen LogP contribution in [0.25, 0.3) is 11.0 Å². The zero-order chi connectivity index (χ0) is 14.8. The lowest BCUT2D eigenvalue weighted by molar-refractivity contribution is 0.414. The van der Waals surface area contributed by atoms with Crippen molar-refractivity contribution in [1.29, 1.82) is 0 Å². The van der Waals surface area contributed by atoms with Crippen molar-refractivity contribution < 1.29 is 14.8 Å². The minimum atomic E-state index is -1.47. The van der Waals surface area contributed by atoms with Gasteiger partial charge >= 0.3 is 7.12 Å². The first kappa shape index (κ1) is 13.7. The van der Waals surface area contributed by atoms with Crippen molar-refractivity contribution in [3.05, 3.63) is 54.4 Å². The minimum absolute atomic E-state index is 0.442. The van der Waals surface area contributed by atoms with Crippen LogP contribution in [0.15, 0.2) is 48.8 Å². The van der Waals surface area contributed by atoms with Crippen LogP contribution >= 0.6 is 0 Å². The van der Waals surface area contributed by atoms with E-state index in [1.165, 1.54) is 0 Å². The van der Waals surface area contributed by atoms with Crippen LogP contribution in [-0.4, -0.2) is 33.8 Å². The largest absolute Gasteiger partial charge is 0.497 e. The molecule has 0 amide bonds. The Kier molecular flexibility index (Phi) is 3.64. The Labute approximate surface area is 122 Å². The molecule has 0 aliphatic heterocycles. The summed E-state index contributed by atoms with van der Waals surface area (Å²) >= 11 is 0. The molecule has 0 radical (unpaired) electrons. The SMILES string of the molecule is COc1ccc(Cn2cnc3cc(B(O)O)ccc32)cc1. The van der Waals surface area contributed by atoms with E-state index in [-0.39, 0.29) is 0 Å². The fraction of sp³-hybridized carbons (Fsp3) is 0.133. The van der Waals surface area contributed by atoms with Crippen molar-refractivity contribution in [1.82, 2.24) is 9.55 Å². The number of hydrogen-bond acceptors (Lipinski definition) is 4. The standard InChI is InChI=1S/C15H15BN2O3/c1-21-13-5-2-11(3-6-13)9-18-10-17-14-8-12(16(19)20)4-7-15(14)18/h2-8,10,19-20H,9H2,1H3. The van der Waals surface area contributed by atoms with Crippen LogP contribution in [-0.2, 0) is 6.54 Å². The summed E-state index contributed by atoms with van der Waals surface area (Å²) in [6.45, 7) is 0.696. The molecule has 0 atom stereocenters. The zero-order valence-corrected chi connectivity index (χ0v) is 11.6. The summed E-state index contributed by atoms with van der Waals surface area (Å²) in [5, 5.41) is 18.4. The highest BCUT2D eigenvalue weighted by Crippen LogP contribution is 2.16. The van der Waals surface area contributed by atoms with E-state index in [0.29, 0.717) is 12.0 Å². The van der Waals surface area contributed by atoms with Crippen LogP contribution in [0.4, 0.5) is 0 Å². The predicted molar refractivity (Wildman–Crippen MR) is 81.7 cm³/mol. The lowest BCUT2D eigenvalue weighted by atomic mass is 9.80. The number of aromatic nitrogens is 2. The molecule has 3 aromatic rings. The van der Waals surface area contributed by atoms with Crippen LogP contribution in [0.1, 0.15) is 5.56 Å². The smallest absolute Gasteiger partial charge is 0.488 e. The highest BCUT2D eigenvalue weighted by atomic mass is 16.5. The summed E-state index contributed by atoms with van der Waals surface area (Å²) in [4.78, 5) is 4.31. The summed E-state index contributed by atoms with van der Waals surface area (Å²) in [5.41, 5.74) is 3.28. The number of imidazole rings is 1. The van der Waals surface area contributed by atoms with Gasteiger partial charge in [-0.3, -0.25) is 0 Å². The Hall–Kier alpha value is -2.31. The van der Waals surface area contributed by atoms with Crippen LogP contribution < -0.4 is 10.2 Å². The summed E-state index contributed by atoms with van der Waals surface area (Å²) in [6, 6.07) is 13.1. The molecule has 2 aromatic carbocycles. The van der Waals surface area contributed by atoms with Crippen LogP contribution in [0.3, 0.4) is 0 Å². The maximum Gasteiger partial charge on any atom is 0.488 e. The molecular weight excluding hydrogens is 267 g/mol. The Morgan fingerprint density at radius 1 is 1.14 bits per heavy atom. The Morgan fingerprint density at radius 2 is 1.90 bits per heavy atom. The van der Waals surface area contributed by atoms with Gasteiger partial charge in [-0.05, 0) is 35.3 Å². The zero-order valence-electron chi connectivity index (χ0n) is 11.6. The first-order valence-electron chi connectivity index (χ1n) is 6.61. The van der Waals surface area contributed by atoms with Gasteiger partial charge < -0.3 is 19.4 Å². The molecule has 0 fully saturated rings. The summed E-state index contributed by atoms with van der Waals surface area (Å²) < 4.78 is 7.16. The first-order valence-corrected chi connectivity index (χ1v) is 6.61. The van der Waals surface area contributed by atoms with Crippen molar-refractivity contribution in [2.75, 3.05) is 7.11 Å². The van der Waals surface area contributed by atoms with E-state index in [9.17, 15) is 10.0 Å². The quantitative estimate of drug-likeness (QED) is 0.694. The molecule has 0 saturated carbocycles. The van der Waals surface area contributed by atoms with E-state index < -0.39 is 7.12 Å². The lowest BCUT2D eigenvalue weighted by Crippen LogP contribution is -2.29. The fourth-order valence-electron chi connectivity index (χ4n) is 2.30. The Bertz CT molecular complexity index is 753. The molecule has 0 spiro atoms. The summed E-state index contributed by atoms with van der Waals surface area (Å²) in [6.07, 6.45) is 1.75. The first-order chi connectivity index (χ1) is 10.2. The average Bonchev–Trinajstić information content (AvgIpc) is 2.90. The van der Waals surface area contributed by atoms with Gasteiger partial charge in [0.2, 0.25) is 0 Å². The van der Waals surface area contributed by atoms with Gasteiger partial charge in [0, 0.05) is 6.54 Å². The fourth-order valence-corrected chi connectivity index (χ4v) is 2.30. The van der Waals surface area contributed by atoms with Gasteiger partial charge in [0.25, 0.3) is 0 Å². The molecule has 0 bridgehead atoms. The average molecular weight is 282 g/mol. The van der Waals surface area contributed by atoms with Gasteiger partial charge in [0.05, 0.1) is 24.5 Å². The third kappa shape index (κ3) is 2.77. The molecule has 1 heterocycles. The molecule has 3 rings (SSSR count). The minimum Gasteiger partial charge on any atom is -0.497 e. The van der Waals surface area contributed by atoms with Crippen LogP contribution in [0.5, 0.6) is 5.75 Å². The molecule has 6 heteroatoms. The van der Waals surface area contributed by atoms with Crippen molar-refractivity contribution in [2.45, 2.75) is 6.54 Å². The molecule has 2 N–H and O–H groups in total. The van der Waals surface area contributed by atoms with Crippen molar-refractivity contribution in [2.24, 2.45) is 0 Å². The highest BCUT2D eigenvalue weighted by molar-refractivity contribution is 6.58. The van der Waals surface area contributed by atoms with Crippen molar-refractivity contribution in [3.8, 4) is 5.75 Å². The maximum absolute atomic E-state index is 9.18. The van der Waals surface area contributed by atoms with E-state index in [1.54, 1.807) is 25.6 Å². The van der Waals surface area contributed by atoms with Gasteiger partial charge in [-0.15, -0.1) is 0 Å². The lowest BCUT2D eigenvalue weighted by Gasteiger charge is -2.06. The van der Waals surface area contributed by atoms with E-state index in [0.717, 1.165) is 22.3 Å². The Morgan fingerprint density at radius 3 is 2.57 bits per heavy atom. The van der Waals surface area contributed by atoms with E-state index in [1.807, 2.05) is 34.9 Å². The second-order valence-electron chi connectivity index (χ2n) is 4.84. The molecule has 0 aliphatic carbocycles. The summed E-state index contributed by atoms with van der Waals surface area (Å²) in [7, 11) is 0.173. The topological polar surface area (TPSA) is 67.5 Å². The number of benzene rings is 2. The van der Waals surface area contributed by atoms with E-state index >= 15 is 0 Å².